The number of hydrogen-bond donors (Lipinski definition) is 2. The molecule has 1 atom stereocenters. The molecule has 5 nitrogen and oxygen atoms in total. The second-order valence-electron chi connectivity index (χ2n) is 4.17. The highest BCUT2D eigenvalue weighted by atomic mass is 32.2. The molecule has 0 heterocycles. The van der Waals surface area contributed by atoms with Gasteiger partial charge in [0, 0.05) is 30.7 Å². The third-order valence-corrected chi connectivity index (χ3v) is 3.62. The van der Waals surface area contributed by atoms with Crippen LogP contribution in [0.25, 0.3) is 0 Å². The van der Waals surface area contributed by atoms with Gasteiger partial charge in [0.05, 0.1) is 12.5 Å². The van der Waals surface area contributed by atoms with E-state index >= 15 is 0 Å². The molecule has 1 amide bonds. The SMILES string of the molecule is COC(CNC(=O)CCSc1ccccc1)CC(=O)O. The van der Waals surface area contributed by atoms with Crippen molar-refractivity contribution in [3.8, 4) is 0 Å². The molecule has 0 aliphatic rings. The Kier molecular flexibility index (Phi) is 7.75. The molecule has 0 saturated heterocycles. The monoisotopic (exact) mass is 297 g/mol. The highest BCUT2D eigenvalue weighted by molar-refractivity contribution is 7.99. The summed E-state index contributed by atoms with van der Waals surface area (Å²) in [5.74, 6) is -0.349. The fraction of sp³-hybridized carbons (Fsp3) is 0.429. The average molecular weight is 297 g/mol. The smallest absolute Gasteiger partial charge is 0.306 e. The predicted molar refractivity (Wildman–Crippen MR) is 77.8 cm³/mol. The minimum atomic E-state index is -0.939. The number of benzene rings is 1. The van der Waals surface area contributed by atoms with Crippen molar-refractivity contribution in [3.05, 3.63) is 30.3 Å². The second kappa shape index (κ2) is 9.39. The summed E-state index contributed by atoms with van der Waals surface area (Å²) >= 11 is 1.61. The van der Waals surface area contributed by atoms with Gasteiger partial charge in [-0.25, -0.2) is 0 Å². The fourth-order valence-electron chi connectivity index (χ4n) is 1.53. The molecule has 0 saturated carbocycles. The summed E-state index contributed by atoms with van der Waals surface area (Å²) in [4.78, 5) is 23.3. The molecule has 0 aromatic heterocycles. The maximum atomic E-state index is 11.6. The van der Waals surface area contributed by atoms with E-state index in [0.29, 0.717) is 12.2 Å². The summed E-state index contributed by atoms with van der Waals surface area (Å²) in [5, 5.41) is 11.3. The van der Waals surface area contributed by atoms with E-state index in [1.54, 1.807) is 11.8 Å². The maximum Gasteiger partial charge on any atom is 0.306 e. The van der Waals surface area contributed by atoms with Gasteiger partial charge >= 0.3 is 5.97 Å². The minimum Gasteiger partial charge on any atom is -0.481 e. The number of amides is 1. The lowest BCUT2D eigenvalue weighted by Gasteiger charge is -2.13. The van der Waals surface area contributed by atoms with Crippen molar-refractivity contribution in [1.29, 1.82) is 0 Å². The van der Waals surface area contributed by atoms with Crippen molar-refractivity contribution in [2.45, 2.75) is 23.8 Å². The van der Waals surface area contributed by atoms with Crippen LogP contribution >= 0.6 is 11.8 Å². The van der Waals surface area contributed by atoms with Crippen LogP contribution in [0.15, 0.2) is 35.2 Å². The lowest BCUT2D eigenvalue weighted by molar-refractivity contribution is -0.140. The molecule has 1 rings (SSSR count). The molecule has 0 fully saturated rings. The Balaban J connectivity index is 2.18. The van der Waals surface area contributed by atoms with E-state index in [0.717, 1.165) is 4.90 Å². The quantitative estimate of drug-likeness (QED) is 0.679. The number of carboxylic acids is 1. The molecule has 1 unspecified atom stereocenters. The van der Waals surface area contributed by atoms with Crippen LogP contribution < -0.4 is 5.32 Å². The van der Waals surface area contributed by atoms with E-state index in [-0.39, 0.29) is 18.9 Å². The van der Waals surface area contributed by atoms with Crippen molar-refractivity contribution in [2.24, 2.45) is 0 Å². The summed E-state index contributed by atoms with van der Waals surface area (Å²) in [6, 6.07) is 9.85. The Labute approximate surface area is 122 Å². The van der Waals surface area contributed by atoms with Gasteiger partial charge in [0.25, 0.3) is 0 Å². The second-order valence-corrected chi connectivity index (χ2v) is 5.34. The van der Waals surface area contributed by atoms with Gasteiger partial charge in [0.2, 0.25) is 5.91 Å². The Morgan fingerprint density at radius 2 is 2.05 bits per heavy atom. The van der Waals surface area contributed by atoms with Crippen molar-refractivity contribution in [1.82, 2.24) is 5.32 Å². The van der Waals surface area contributed by atoms with Gasteiger partial charge in [-0.3, -0.25) is 9.59 Å². The van der Waals surface area contributed by atoms with Gasteiger partial charge < -0.3 is 15.2 Å². The average Bonchev–Trinajstić information content (AvgIpc) is 2.44. The number of thioether (sulfide) groups is 1. The number of methoxy groups -OCH3 is 1. The first-order valence-corrected chi connectivity index (χ1v) is 7.29. The number of ether oxygens (including phenoxy) is 1. The lowest BCUT2D eigenvalue weighted by atomic mass is 10.2. The van der Waals surface area contributed by atoms with Crippen LogP contribution in [0, 0.1) is 0 Å². The lowest BCUT2D eigenvalue weighted by Crippen LogP contribution is -2.34. The molecule has 2 N–H and O–H groups in total. The Morgan fingerprint density at radius 3 is 2.65 bits per heavy atom. The van der Waals surface area contributed by atoms with Crippen molar-refractivity contribution in [3.63, 3.8) is 0 Å². The van der Waals surface area contributed by atoms with Gasteiger partial charge in [-0.05, 0) is 12.1 Å². The third-order valence-electron chi connectivity index (χ3n) is 2.60. The standard InChI is InChI=1S/C14H19NO4S/c1-19-11(9-14(17)18)10-15-13(16)7-8-20-12-5-3-2-4-6-12/h2-6,11H,7-10H2,1H3,(H,15,16)(H,17,18). The highest BCUT2D eigenvalue weighted by Crippen LogP contribution is 2.17. The molecule has 1 aromatic carbocycles. The summed E-state index contributed by atoms with van der Waals surface area (Å²) in [6.07, 6.45) is -0.211. The molecule has 0 aliphatic heterocycles. The molecule has 0 spiro atoms. The van der Waals surface area contributed by atoms with Crippen LogP contribution in [-0.2, 0) is 14.3 Å². The van der Waals surface area contributed by atoms with E-state index in [2.05, 4.69) is 5.32 Å². The Hall–Kier alpha value is -1.53. The van der Waals surface area contributed by atoms with Crippen LogP contribution in [0.3, 0.4) is 0 Å². The topological polar surface area (TPSA) is 75.6 Å². The molecule has 110 valence electrons. The largest absolute Gasteiger partial charge is 0.481 e. The molecule has 1 aromatic rings. The first-order chi connectivity index (χ1) is 9.61. The Bertz CT molecular complexity index is 424. The van der Waals surface area contributed by atoms with Gasteiger partial charge in [-0.1, -0.05) is 18.2 Å². The third kappa shape index (κ3) is 7.16. The van der Waals surface area contributed by atoms with Crippen LogP contribution in [0.5, 0.6) is 0 Å². The van der Waals surface area contributed by atoms with Gasteiger partial charge in [-0.2, -0.15) is 0 Å². The van der Waals surface area contributed by atoms with E-state index in [9.17, 15) is 9.59 Å². The molecular formula is C14H19NO4S. The maximum absolute atomic E-state index is 11.6. The van der Waals surface area contributed by atoms with Crippen LogP contribution in [0.1, 0.15) is 12.8 Å². The fourth-order valence-corrected chi connectivity index (χ4v) is 2.40. The molecule has 20 heavy (non-hydrogen) atoms. The summed E-state index contributed by atoms with van der Waals surface area (Å²) in [7, 11) is 1.44. The number of rotatable bonds is 9. The van der Waals surface area contributed by atoms with Crippen molar-refractivity contribution in [2.75, 3.05) is 19.4 Å². The normalized spacial score (nSPS) is 11.8. The summed E-state index contributed by atoms with van der Waals surface area (Å²) in [6.45, 7) is 0.220. The van der Waals surface area contributed by atoms with E-state index in [1.165, 1.54) is 7.11 Å². The number of nitrogens with one attached hydrogen (secondary N) is 1. The first-order valence-electron chi connectivity index (χ1n) is 6.31. The number of hydrogen-bond acceptors (Lipinski definition) is 4. The molecule has 6 heteroatoms. The molecule has 0 aliphatic carbocycles. The minimum absolute atomic E-state index is 0.0964. The number of carboxylic acid groups (broad SMARTS) is 1. The van der Waals surface area contributed by atoms with E-state index < -0.39 is 12.1 Å². The molecular weight excluding hydrogens is 278 g/mol. The number of carbonyl (C=O) groups excluding carboxylic acids is 1. The predicted octanol–water partition coefficient (Wildman–Crippen LogP) is 1.77. The number of carbonyl (C=O) groups is 2. The Morgan fingerprint density at radius 1 is 1.35 bits per heavy atom. The number of aliphatic carboxylic acids is 1. The van der Waals surface area contributed by atoms with Crippen LogP contribution in [0.4, 0.5) is 0 Å². The zero-order chi connectivity index (χ0) is 14.8. The van der Waals surface area contributed by atoms with Gasteiger partial charge in [0.1, 0.15) is 0 Å². The zero-order valence-corrected chi connectivity index (χ0v) is 12.2. The highest BCUT2D eigenvalue weighted by Gasteiger charge is 2.13. The van der Waals surface area contributed by atoms with Gasteiger partial charge in [0.15, 0.2) is 0 Å². The van der Waals surface area contributed by atoms with E-state index in [4.69, 9.17) is 9.84 Å². The molecule has 0 radical (unpaired) electrons. The summed E-state index contributed by atoms with van der Waals surface area (Å²) < 4.78 is 4.98. The van der Waals surface area contributed by atoms with Gasteiger partial charge in [-0.15, -0.1) is 11.8 Å². The van der Waals surface area contributed by atoms with Crippen molar-refractivity contribution >= 4 is 23.6 Å². The zero-order valence-electron chi connectivity index (χ0n) is 11.4. The summed E-state index contributed by atoms with van der Waals surface area (Å²) in [5.41, 5.74) is 0. The van der Waals surface area contributed by atoms with Crippen LogP contribution in [0.2, 0.25) is 0 Å². The van der Waals surface area contributed by atoms with Crippen molar-refractivity contribution < 1.29 is 19.4 Å². The first kappa shape index (κ1) is 16.5. The molecule has 0 bridgehead atoms. The van der Waals surface area contributed by atoms with E-state index in [1.807, 2.05) is 30.3 Å². The van der Waals surface area contributed by atoms with Crippen LogP contribution in [-0.4, -0.2) is 42.5 Å².